The van der Waals surface area contributed by atoms with Crippen LogP contribution in [-0.2, 0) is 10.0 Å². The van der Waals surface area contributed by atoms with Gasteiger partial charge in [-0.3, -0.25) is 0 Å². The van der Waals surface area contributed by atoms with Gasteiger partial charge in [-0.15, -0.1) is 0 Å². The van der Waals surface area contributed by atoms with E-state index in [1.807, 2.05) is 12.1 Å². The molecule has 0 atom stereocenters. The van der Waals surface area contributed by atoms with Crippen LogP contribution < -0.4 is 15.8 Å². The van der Waals surface area contributed by atoms with E-state index in [-0.39, 0.29) is 5.75 Å². The van der Waals surface area contributed by atoms with Crippen molar-refractivity contribution in [1.29, 1.82) is 0 Å². The second-order valence-corrected chi connectivity index (χ2v) is 5.30. The quantitative estimate of drug-likeness (QED) is 0.639. The molecule has 0 heterocycles. The first-order chi connectivity index (χ1) is 7.53. The molecule has 1 aromatic rings. The Balaban J connectivity index is 2.42. The monoisotopic (exact) mass is 243 g/mol. The Kier molecular flexibility index (Phi) is 4.57. The van der Waals surface area contributed by atoms with Crippen molar-refractivity contribution in [1.82, 2.24) is 4.72 Å². The first-order valence-corrected chi connectivity index (χ1v) is 6.75. The van der Waals surface area contributed by atoms with E-state index in [0.29, 0.717) is 18.8 Å². The molecule has 0 saturated heterocycles. The summed E-state index contributed by atoms with van der Waals surface area (Å²) >= 11 is 0. The topological polar surface area (TPSA) is 84.2 Å². The highest BCUT2D eigenvalue weighted by Gasteiger charge is 2.07. The highest BCUT2D eigenvalue weighted by atomic mass is 32.2. The molecule has 0 saturated carbocycles. The lowest BCUT2D eigenvalue weighted by molar-refractivity contribution is 0.584. The van der Waals surface area contributed by atoms with Crippen LogP contribution >= 0.6 is 0 Å². The van der Waals surface area contributed by atoms with E-state index < -0.39 is 10.0 Å². The van der Waals surface area contributed by atoms with Crippen molar-refractivity contribution in [2.24, 2.45) is 0 Å². The SMILES string of the molecule is CCNS(=O)(=O)CCNc1cccc(N)c1. The zero-order valence-electron chi connectivity index (χ0n) is 9.23. The number of nitrogens with one attached hydrogen (secondary N) is 2. The predicted octanol–water partition coefficient (Wildman–Crippen LogP) is 0.620. The number of hydrogen-bond acceptors (Lipinski definition) is 4. The minimum Gasteiger partial charge on any atom is -0.399 e. The van der Waals surface area contributed by atoms with Crippen LogP contribution in [0.1, 0.15) is 6.92 Å². The molecule has 0 aliphatic carbocycles. The van der Waals surface area contributed by atoms with Crippen molar-refractivity contribution in [3.63, 3.8) is 0 Å². The first kappa shape index (κ1) is 12.8. The van der Waals surface area contributed by atoms with Gasteiger partial charge in [0.2, 0.25) is 10.0 Å². The lowest BCUT2D eigenvalue weighted by Gasteiger charge is -2.07. The average molecular weight is 243 g/mol. The first-order valence-electron chi connectivity index (χ1n) is 5.10. The number of hydrogen-bond donors (Lipinski definition) is 3. The zero-order chi connectivity index (χ0) is 12.0. The van der Waals surface area contributed by atoms with E-state index in [2.05, 4.69) is 10.0 Å². The Morgan fingerprint density at radius 3 is 2.75 bits per heavy atom. The molecule has 0 bridgehead atoms. The molecule has 0 amide bonds. The van der Waals surface area contributed by atoms with Gasteiger partial charge in [0.25, 0.3) is 0 Å². The number of rotatable bonds is 6. The third kappa shape index (κ3) is 4.50. The zero-order valence-corrected chi connectivity index (χ0v) is 10.0. The minimum atomic E-state index is -3.16. The van der Waals surface area contributed by atoms with Crippen LogP contribution in [-0.4, -0.2) is 27.3 Å². The molecule has 0 unspecified atom stereocenters. The Morgan fingerprint density at radius 2 is 2.12 bits per heavy atom. The van der Waals surface area contributed by atoms with E-state index in [1.54, 1.807) is 19.1 Å². The summed E-state index contributed by atoms with van der Waals surface area (Å²) < 4.78 is 25.1. The summed E-state index contributed by atoms with van der Waals surface area (Å²) in [6, 6.07) is 7.20. The van der Waals surface area contributed by atoms with Gasteiger partial charge in [-0.25, -0.2) is 13.1 Å². The summed E-state index contributed by atoms with van der Waals surface area (Å²) in [4.78, 5) is 0. The largest absolute Gasteiger partial charge is 0.399 e. The summed E-state index contributed by atoms with van der Waals surface area (Å²) in [7, 11) is -3.16. The van der Waals surface area contributed by atoms with Gasteiger partial charge in [0.1, 0.15) is 0 Å². The van der Waals surface area contributed by atoms with Crippen LogP contribution in [0.15, 0.2) is 24.3 Å². The molecule has 0 aliphatic rings. The maximum atomic E-state index is 11.3. The van der Waals surface area contributed by atoms with Crippen molar-refractivity contribution >= 4 is 21.4 Å². The van der Waals surface area contributed by atoms with Crippen LogP contribution in [0, 0.1) is 0 Å². The smallest absolute Gasteiger partial charge is 0.213 e. The molecule has 6 heteroatoms. The maximum absolute atomic E-state index is 11.3. The van der Waals surface area contributed by atoms with Crippen LogP contribution in [0.3, 0.4) is 0 Å². The number of anilines is 2. The number of nitrogens with two attached hydrogens (primary N) is 1. The van der Waals surface area contributed by atoms with E-state index in [1.165, 1.54) is 0 Å². The Morgan fingerprint density at radius 1 is 1.38 bits per heavy atom. The van der Waals surface area contributed by atoms with Gasteiger partial charge >= 0.3 is 0 Å². The highest BCUT2D eigenvalue weighted by Crippen LogP contribution is 2.11. The van der Waals surface area contributed by atoms with Crippen LogP contribution in [0.4, 0.5) is 11.4 Å². The second-order valence-electron chi connectivity index (χ2n) is 3.37. The molecule has 0 spiro atoms. The fraction of sp³-hybridized carbons (Fsp3) is 0.400. The third-order valence-corrected chi connectivity index (χ3v) is 3.42. The summed E-state index contributed by atoms with van der Waals surface area (Å²) in [6.07, 6.45) is 0. The highest BCUT2D eigenvalue weighted by molar-refractivity contribution is 7.89. The van der Waals surface area contributed by atoms with E-state index in [9.17, 15) is 8.42 Å². The predicted molar refractivity (Wildman–Crippen MR) is 66.8 cm³/mol. The van der Waals surface area contributed by atoms with E-state index in [4.69, 9.17) is 5.73 Å². The summed E-state index contributed by atoms with van der Waals surface area (Å²) in [5.41, 5.74) is 7.07. The van der Waals surface area contributed by atoms with Gasteiger partial charge in [-0.05, 0) is 18.2 Å². The molecule has 0 fully saturated rings. The molecule has 0 aliphatic heterocycles. The van der Waals surface area contributed by atoms with E-state index >= 15 is 0 Å². The molecule has 0 radical (unpaired) electrons. The standard InChI is InChI=1S/C10H17N3O2S/c1-2-13-16(14,15)7-6-12-10-5-3-4-9(11)8-10/h3-5,8,12-13H,2,6-7,11H2,1H3. The van der Waals surface area contributed by atoms with Gasteiger partial charge in [0.15, 0.2) is 0 Å². The summed E-state index contributed by atoms with van der Waals surface area (Å²) in [6.45, 7) is 2.53. The Labute approximate surface area is 96.1 Å². The van der Waals surface area contributed by atoms with Crippen LogP contribution in [0.2, 0.25) is 0 Å². The van der Waals surface area contributed by atoms with Crippen molar-refractivity contribution in [2.45, 2.75) is 6.92 Å². The molecule has 0 aromatic heterocycles. The van der Waals surface area contributed by atoms with Gasteiger partial charge in [0, 0.05) is 24.5 Å². The van der Waals surface area contributed by atoms with Gasteiger partial charge in [-0.1, -0.05) is 13.0 Å². The van der Waals surface area contributed by atoms with Gasteiger partial charge in [-0.2, -0.15) is 0 Å². The number of nitrogen functional groups attached to an aromatic ring is 1. The molecule has 1 rings (SSSR count). The Hall–Kier alpha value is -1.27. The second kappa shape index (κ2) is 5.72. The van der Waals surface area contributed by atoms with Crippen LogP contribution in [0.5, 0.6) is 0 Å². The van der Waals surface area contributed by atoms with Gasteiger partial charge < -0.3 is 11.1 Å². The Bertz CT molecular complexity index is 431. The molecular weight excluding hydrogens is 226 g/mol. The summed E-state index contributed by atoms with van der Waals surface area (Å²) in [5, 5.41) is 3.00. The van der Waals surface area contributed by atoms with E-state index in [0.717, 1.165) is 5.69 Å². The summed E-state index contributed by atoms with van der Waals surface area (Å²) in [5.74, 6) is 0.0512. The van der Waals surface area contributed by atoms with Gasteiger partial charge in [0.05, 0.1) is 5.75 Å². The molecular formula is C10H17N3O2S. The lowest BCUT2D eigenvalue weighted by atomic mass is 10.3. The fourth-order valence-electron chi connectivity index (χ4n) is 1.27. The number of sulfonamides is 1. The van der Waals surface area contributed by atoms with Crippen LogP contribution in [0.25, 0.3) is 0 Å². The molecule has 16 heavy (non-hydrogen) atoms. The van der Waals surface area contributed by atoms with Crippen molar-refractivity contribution in [2.75, 3.05) is 29.9 Å². The fourth-order valence-corrected chi connectivity index (χ4v) is 2.23. The number of benzene rings is 1. The average Bonchev–Trinajstić information content (AvgIpc) is 2.17. The molecule has 90 valence electrons. The molecule has 1 aromatic carbocycles. The van der Waals surface area contributed by atoms with Crippen molar-refractivity contribution in [3.05, 3.63) is 24.3 Å². The minimum absolute atomic E-state index is 0.0512. The maximum Gasteiger partial charge on any atom is 0.213 e. The van der Waals surface area contributed by atoms with Crippen molar-refractivity contribution < 1.29 is 8.42 Å². The third-order valence-electron chi connectivity index (χ3n) is 1.95. The normalized spacial score (nSPS) is 11.3. The lowest BCUT2D eigenvalue weighted by Crippen LogP contribution is -2.29. The van der Waals surface area contributed by atoms with Crippen molar-refractivity contribution in [3.8, 4) is 0 Å². The molecule has 4 N–H and O–H groups in total. The molecule has 5 nitrogen and oxygen atoms in total.